The zero-order chi connectivity index (χ0) is 12.4. The SMILES string of the molecule is O=C(O)OC1C2CCCC(CC2)C1OC(=O)O. The van der Waals surface area contributed by atoms with E-state index in [0.29, 0.717) is 0 Å². The number of carboxylic acid groups (broad SMARTS) is 2. The molecule has 0 aromatic rings. The summed E-state index contributed by atoms with van der Waals surface area (Å²) in [6, 6.07) is 0. The second-order valence-corrected chi connectivity index (χ2v) is 4.73. The molecule has 4 atom stereocenters. The summed E-state index contributed by atoms with van der Waals surface area (Å²) in [5.41, 5.74) is 0. The zero-order valence-electron chi connectivity index (χ0n) is 9.37. The number of fused-ring (bicyclic) bond motifs is 4. The van der Waals surface area contributed by atoms with E-state index in [0.717, 1.165) is 32.1 Å². The van der Waals surface area contributed by atoms with E-state index < -0.39 is 24.5 Å². The molecule has 0 radical (unpaired) electrons. The summed E-state index contributed by atoms with van der Waals surface area (Å²) in [6.07, 6.45) is 0.540. The first kappa shape index (κ1) is 12.0. The molecule has 3 rings (SSSR count). The summed E-state index contributed by atoms with van der Waals surface area (Å²) in [6.45, 7) is 0. The lowest BCUT2D eigenvalue weighted by Crippen LogP contribution is -2.46. The third-order valence-electron chi connectivity index (χ3n) is 3.78. The molecule has 4 unspecified atom stereocenters. The highest BCUT2D eigenvalue weighted by atomic mass is 16.7. The summed E-state index contributed by atoms with van der Waals surface area (Å²) < 4.78 is 9.69. The van der Waals surface area contributed by atoms with Gasteiger partial charge in [0.1, 0.15) is 12.2 Å². The third-order valence-corrected chi connectivity index (χ3v) is 3.78. The molecule has 0 heterocycles. The Labute approximate surface area is 98.5 Å². The van der Waals surface area contributed by atoms with Gasteiger partial charge in [-0.1, -0.05) is 6.42 Å². The van der Waals surface area contributed by atoms with Crippen LogP contribution in [0, 0.1) is 11.8 Å². The fraction of sp³-hybridized carbons (Fsp3) is 0.818. The molecule has 0 aromatic carbocycles. The molecule has 6 heteroatoms. The van der Waals surface area contributed by atoms with Crippen molar-refractivity contribution in [2.45, 2.75) is 44.3 Å². The zero-order valence-corrected chi connectivity index (χ0v) is 9.37. The Morgan fingerprint density at radius 3 is 1.59 bits per heavy atom. The highest BCUT2D eigenvalue weighted by molar-refractivity contribution is 5.58. The lowest BCUT2D eigenvalue weighted by molar-refractivity contribution is -0.0986. The van der Waals surface area contributed by atoms with Gasteiger partial charge in [0.2, 0.25) is 0 Å². The molecule has 17 heavy (non-hydrogen) atoms. The number of ether oxygens (including phenoxy) is 2. The maximum absolute atomic E-state index is 10.7. The molecule has 0 amide bonds. The predicted octanol–water partition coefficient (Wildman–Crippen LogP) is 2.32. The van der Waals surface area contributed by atoms with Crippen molar-refractivity contribution in [3.8, 4) is 0 Å². The minimum atomic E-state index is -1.36. The Balaban J connectivity index is 2.16. The summed E-state index contributed by atoms with van der Waals surface area (Å²) in [4.78, 5) is 21.3. The Morgan fingerprint density at radius 2 is 1.24 bits per heavy atom. The van der Waals surface area contributed by atoms with E-state index in [1.165, 1.54) is 0 Å². The fourth-order valence-corrected chi connectivity index (χ4v) is 3.11. The van der Waals surface area contributed by atoms with Crippen molar-refractivity contribution in [1.29, 1.82) is 0 Å². The topological polar surface area (TPSA) is 93.1 Å². The van der Waals surface area contributed by atoms with Crippen LogP contribution in [0.2, 0.25) is 0 Å². The van der Waals surface area contributed by atoms with Crippen molar-refractivity contribution in [3.05, 3.63) is 0 Å². The van der Waals surface area contributed by atoms with E-state index >= 15 is 0 Å². The van der Waals surface area contributed by atoms with Gasteiger partial charge in [-0.3, -0.25) is 0 Å². The van der Waals surface area contributed by atoms with Gasteiger partial charge in [0, 0.05) is 0 Å². The van der Waals surface area contributed by atoms with E-state index in [9.17, 15) is 9.59 Å². The van der Waals surface area contributed by atoms with Crippen LogP contribution in [0.15, 0.2) is 0 Å². The van der Waals surface area contributed by atoms with Crippen LogP contribution in [-0.2, 0) is 9.47 Å². The second-order valence-electron chi connectivity index (χ2n) is 4.73. The van der Waals surface area contributed by atoms with Gasteiger partial charge < -0.3 is 19.7 Å². The fourth-order valence-electron chi connectivity index (χ4n) is 3.11. The third kappa shape index (κ3) is 2.62. The lowest BCUT2D eigenvalue weighted by atomic mass is 9.79. The summed E-state index contributed by atoms with van der Waals surface area (Å²) in [5, 5.41) is 17.4. The average molecular weight is 244 g/mol. The average Bonchev–Trinajstić information content (AvgIpc) is 2.53. The lowest BCUT2D eigenvalue weighted by Gasteiger charge is -2.37. The van der Waals surface area contributed by atoms with Crippen molar-refractivity contribution in [1.82, 2.24) is 0 Å². The molecule has 3 fully saturated rings. The highest BCUT2D eigenvalue weighted by Crippen LogP contribution is 2.42. The standard InChI is InChI=1S/C11H16O6/c12-10(13)16-8-6-2-1-3-7(5-4-6)9(8)17-11(14)15/h6-9H,1-5H2,(H,12,13)(H,14,15). The van der Waals surface area contributed by atoms with Crippen LogP contribution in [0.3, 0.4) is 0 Å². The second kappa shape index (κ2) is 4.81. The quantitative estimate of drug-likeness (QED) is 0.724. The first-order valence-electron chi connectivity index (χ1n) is 5.87. The number of carbonyl (C=O) groups is 2. The van der Waals surface area contributed by atoms with Crippen molar-refractivity contribution in [2.75, 3.05) is 0 Å². The van der Waals surface area contributed by atoms with E-state index in [1.807, 2.05) is 0 Å². The monoisotopic (exact) mass is 244 g/mol. The van der Waals surface area contributed by atoms with Gasteiger partial charge >= 0.3 is 12.3 Å². The minimum absolute atomic E-state index is 0.0919. The van der Waals surface area contributed by atoms with Crippen LogP contribution in [0.4, 0.5) is 9.59 Å². The van der Waals surface area contributed by atoms with Crippen molar-refractivity contribution < 1.29 is 29.3 Å². The van der Waals surface area contributed by atoms with Gasteiger partial charge in [0.05, 0.1) is 0 Å². The largest absolute Gasteiger partial charge is 0.506 e. The summed E-state index contributed by atoms with van der Waals surface area (Å²) in [7, 11) is 0. The normalized spacial score (nSPS) is 36.0. The molecule has 2 bridgehead atoms. The van der Waals surface area contributed by atoms with Gasteiger partial charge in [-0.15, -0.1) is 0 Å². The van der Waals surface area contributed by atoms with Crippen LogP contribution < -0.4 is 0 Å². The van der Waals surface area contributed by atoms with Crippen LogP contribution in [0.1, 0.15) is 32.1 Å². The Morgan fingerprint density at radius 1 is 0.824 bits per heavy atom. The molecule has 0 spiro atoms. The number of hydrogen-bond donors (Lipinski definition) is 2. The summed E-state index contributed by atoms with van der Waals surface area (Å²) >= 11 is 0. The molecule has 6 nitrogen and oxygen atoms in total. The smallest absolute Gasteiger partial charge is 0.450 e. The Kier molecular flexibility index (Phi) is 3.40. The molecule has 0 aromatic heterocycles. The molecule has 3 aliphatic carbocycles. The van der Waals surface area contributed by atoms with E-state index in [2.05, 4.69) is 0 Å². The minimum Gasteiger partial charge on any atom is -0.450 e. The first-order chi connectivity index (χ1) is 8.08. The number of hydrogen-bond acceptors (Lipinski definition) is 4. The van der Waals surface area contributed by atoms with E-state index in [1.54, 1.807) is 0 Å². The molecular weight excluding hydrogens is 228 g/mol. The Bertz CT molecular complexity index is 281. The Hall–Kier alpha value is -1.46. The van der Waals surface area contributed by atoms with Crippen molar-refractivity contribution in [2.24, 2.45) is 11.8 Å². The van der Waals surface area contributed by atoms with Gasteiger partial charge in [-0.05, 0) is 37.5 Å². The molecule has 0 aliphatic heterocycles. The van der Waals surface area contributed by atoms with Crippen molar-refractivity contribution in [3.63, 3.8) is 0 Å². The van der Waals surface area contributed by atoms with Crippen LogP contribution in [0.25, 0.3) is 0 Å². The highest BCUT2D eigenvalue weighted by Gasteiger charge is 2.46. The van der Waals surface area contributed by atoms with Gasteiger partial charge in [-0.25, -0.2) is 9.59 Å². The molecule has 2 N–H and O–H groups in total. The van der Waals surface area contributed by atoms with Crippen LogP contribution >= 0.6 is 0 Å². The maximum atomic E-state index is 10.7. The van der Waals surface area contributed by atoms with E-state index in [-0.39, 0.29) is 11.8 Å². The first-order valence-corrected chi connectivity index (χ1v) is 5.87. The molecule has 96 valence electrons. The van der Waals surface area contributed by atoms with E-state index in [4.69, 9.17) is 19.7 Å². The molecule has 3 saturated carbocycles. The number of rotatable bonds is 2. The van der Waals surface area contributed by atoms with Gasteiger partial charge in [-0.2, -0.15) is 0 Å². The van der Waals surface area contributed by atoms with Gasteiger partial charge in [0.15, 0.2) is 0 Å². The van der Waals surface area contributed by atoms with Crippen LogP contribution in [-0.4, -0.2) is 34.7 Å². The summed E-state index contributed by atoms with van der Waals surface area (Å²) in [5.74, 6) is 0.184. The molecule has 0 saturated heterocycles. The molecule has 3 aliphatic rings. The maximum Gasteiger partial charge on any atom is 0.506 e. The van der Waals surface area contributed by atoms with Gasteiger partial charge in [0.25, 0.3) is 0 Å². The predicted molar refractivity (Wildman–Crippen MR) is 55.9 cm³/mol. The van der Waals surface area contributed by atoms with Crippen LogP contribution in [0.5, 0.6) is 0 Å². The molecular formula is C11H16O6. The van der Waals surface area contributed by atoms with Crippen molar-refractivity contribution >= 4 is 12.3 Å².